The molecule has 1 saturated carbocycles. The van der Waals surface area contributed by atoms with Gasteiger partial charge in [-0.25, -0.2) is 4.98 Å². The summed E-state index contributed by atoms with van der Waals surface area (Å²) >= 11 is 0. The molecule has 21 heavy (non-hydrogen) atoms. The molecule has 0 bridgehead atoms. The van der Waals surface area contributed by atoms with Gasteiger partial charge in [-0.3, -0.25) is 0 Å². The number of nitrogens with zero attached hydrogens (tertiary/aromatic N) is 1. The molecule has 3 nitrogen and oxygen atoms in total. The molecule has 112 valence electrons. The zero-order valence-corrected chi connectivity index (χ0v) is 12.9. The maximum atomic E-state index is 5.87. The second-order valence-corrected chi connectivity index (χ2v) is 6.42. The van der Waals surface area contributed by atoms with Crippen molar-refractivity contribution in [1.29, 1.82) is 0 Å². The van der Waals surface area contributed by atoms with Crippen LogP contribution in [-0.4, -0.2) is 18.1 Å². The quantitative estimate of drug-likeness (QED) is 0.840. The first kappa shape index (κ1) is 14.3. The third-order valence-corrected chi connectivity index (χ3v) is 3.81. The zero-order chi connectivity index (χ0) is 14.7. The number of fused-ring (bicyclic) bond motifs is 1. The Bertz CT molecular complexity index is 605. The van der Waals surface area contributed by atoms with E-state index in [2.05, 4.69) is 48.4 Å². The Labute approximate surface area is 126 Å². The SMILES string of the molecule is CC(C)CNCc1cc(OCC2CC2)nc2ccccc12. The Morgan fingerprint density at radius 3 is 2.86 bits per heavy atom. The molecule has 1 heterocycles. The van der Waals surface area contributed by atoms with E-state index in [9.17, 15) is 0 Å². The Kier molecular flexibility index (Phi) is 4.39. The summed E-state index contributed by atoms with van der Waals surface area (Å²) in [5.41, 5.74) is 2.29. The molecule has 1 aliphatic carbocycles. The highest BCUT2D eigenvalue weighted by Gasteiger charge is 2.22. The van der Waals surface area contributed by atoms with Crippen LogP contribution in [0.3, 0.4) is 0 Å². The van der Waals surface area contributed by atoms with E-state index in [1.807, 2.05) is 6.07 Å². The molecule has 1 aromatic carbocycles. The third kappa shape index (κ3) is 3.94. The monoisotopic (exact) mass is 284 g/mol. The minimum absolute atomic E-state index is 0.656. The van der Waals surface area contributed by atoms with Gasteiger partial charge in [0.25, 0.3) is 0 Å². The van der Waals surface area contributed by atoms with Crippen LogP contribution in [0.5, 0.6) is 5.88 Å². The highest BCUT2D eigenvalue weighted by atomic mass is 16.5. The van der Waals surface area contributed by atoms with Crippen molar-refractivity contribution in [3.63, 3.8) is 0 Å². The van der Waals surface area contributed by atoms with Gasteiger partial charge < -0.3 is 10.1 Å². The van der Waals surface area contributed by atoms with E-state index in [0.29, 0.717) is 5.92 Å². The molecule has 3 heteroatoms. The van der Waals surface area contributed by atoms with E-state index >= 15 is 0 Å². The molecule has 1 aromatic heterocycles. The predicted octanol–water partition coefficient (Wildman–Crippen LogP) is 3.77. The fourth-order valence-electron chi connectivity index (χ4n) is 2.42. The Balaban J connectivity index is 1.79. The number of para-hydroxylation sites is 1. The number of hydrogen-bond donors (Lipinski definition) is 1. The molecule has 0 atom stereocenters. The van der Waals surface area contributed by atoms with Crippen molar-refractivity contribution < 1.29 is 4.74 Å². The van der Waals surface area contributed by atoms with Crippen LogP contribution in [0.2, 0.25) is 0 Å². The molecule has 0 unspecified atom stereocenters. The molecule has 2 aromatic rings. The minimum atomic E-state index is 0.656. The Morgan fingerprint density at radius 1 is 1.29 bits per heavy atom. The van der Waals surface area contributed by atoms with Crippen molar-refractivity contribution in [2.24, 2.45) is 11.8 Å². The largest absolute Gasteiger partial charge is 0.477 e. The normalized spacial score (nSPS) is 14.8. The first-order chi connectivity index (χ1) is 10.2. The van der Waals surface area contributed by atoms with E-state index in [4.69, 9.17) is 4.74 Å². The van der Waals surface area contributed by atoms with Crippen LogP contribution < -0.4 is 10.1 Å². The summed E-state index contributed by atoms with van der Waals surface area (Å²) in [6, 6.07) is 10.4. The fraction of sp³-hybridized carbons (Fsp3) is 0.500. The Morgan fingerprint density at radius 2 is 2.10 bits per heavy atom. The molecule has 0 radical (unpaired) electrons. The van der Waals surface area contributed by atoms with E-state index in [-0.39, 0.29) is 0 Å². The van der Waals surface area contributed by atoms with Crippen molar-refractivity contribution in [3.05, 3.63) is 35.9 Å². The van der Waals surface area contributed by atoms with Gasteiger partial charge in [-0.15, -0.1) is 0 Å². The highest BCUT2D eigenvalue weighted by Crippen LogP contribution is 2.30. The summed E-state index contributed by atoms with van der Waals surface area (Å²) in [6.07, 6.45) is 2.60. The number of ether oxygens (including phenoxy) is 1. The number of nitrogens with one attached hydrogen (secondary N) is 1. The fourth-order valence-corrected chi connectivity index (χ4v) is 2.42. The summed E-state index contributed by atoms with van der Waals surface area (Å²) in [6.45, 7) is 7.14. The molecule has 0 aliphatic heterocycles. The first-order valence-corrected chi connectivity index (χ1v) is 7.94. The standard InChI is InChI=1S/C18H24N2O/c1-13(2)10-19-11-15-9-18(21-12-14-7-8-14)20-17-6-4-3-5-16(15)17/h3-6,9,13-14,19H,7-8,10-12H2,1-2H3. The van der Waals surface area contributed by atoms with Gasteiger partial charge in [0, 0.05) is 18.0 Å². The molecule has 1 aliphatic rings. The molecule has 0 amide bonds. The Hall–Kier alpha value is -1.61. The second kappa shape index (κ2) is 6.44. The zero-order valence-electron chi connectivity index (χ0n) is 12.9. The lowest BCUT2D eigenvalue weighted by molar-refractivity contribution is 0.289. The highest BCUT2D eigenvalue weighted by molar-refractivity contribution is 5.82. The van der Waals surface area contributed by atoms with E-state index in [1.54, 1.807) is 0 Å². The lowest BCUT2D eigenvalue weighted by atomic mass is 10.1. The van der Waals surface area contributed by atoms with Crippen LogP contribution in [0.15, 0.2) is 30.3 Å². The summed E-state index contributed by atoms with van der Waals surface area (Å²) in [5, 5.41) is 4.73. The summed E-state index contributed by atoms with van der Waals surface area (Å²) < 4.78 is 5.87. The number of benzene rings is 1. The van der Waals surface area contributed by atoms with Crippen molar-refractivity contribution in [2.75, 3.05) is 13.2 Å². The molecule has 3 rings (SSSR count). The number of hydrogen-bond acceptors (Lipinski definition) is 3. The van der Waals surface area contributed by atoms with Crippen LogP contribution >= 0.6 is 0 Å². The molecular formula is C18H24N2O. The van der Waals surface area contributed by atoms with E-state index in [1.165, 1.54) is 23.8 Å². The molecule has 0 spiro atoms. The van der Waals surface area contributed by atoms with Gasteiger partial charge in [0.2, 0.25) is 5.88 Å². The van der Waals surface area contributed by atoms with Crippen molar-refractivity contribution in [1.82, 2.24) is 10.3 Å². The number of aromatic nitrogens is 1. The summed E-state index contributed by atoms with van der Waals surface area (Å²) in [7, 11) is 0. The van der Waals surface area contributed by atoms with Crippen LogP contribution in [0.1, 0.15) is 32.3 Å². The van der Waals surface area contributed by atoms with Crippen LogP contribution in [0.25, 0.3) is 10.9 Å². The van der Waals surface area contributed by atoms with Crippen molar-refractivity contribution in [3.8, 4) is 5.88 Å². The number of rotatable bonds is 7. The minimum Gasteiger partial charge on any atom is -0.477 e. The van der Waals surface area contributed by atoms with Crippen LogP contribution in [-0.2, 0) is 6.54 Å². The van der Waals surface area contributed by atoms with Crippen molar-refractivity contribution in [2.45, 2.75) is 33.2 Å². The van der Waals surface area contributed by atoms with Crippen molar-refractivity contribution >= 4 is 10.9 Å². The van der Waals surface area contributed by atoms with E-state index < -0.39 is 0 Å². The molecule has 1 N–H and O–H groups in total. The van der Waals surface area contributed by atoms with E-state index in [0.717, 1.165) is 37.0 Å². The third-order valence-electron chi connectivity index (χ3n) is 3.81. The van der Waals surface area contributed by atoms with Gasteiger partial charge in [0.1, 0.15) is 0 Å². The van der Waals surface area contributed by atoms with Gasteiger partial charge in [0.05, 0.1) is 12.1 Å². The lowest BCUT2D eigenvalue weighted by Crippen LogP contribution is -2.19. The summed E-state index contributed by atoms with van der Waals surface area (Å²) in [5.74, 6) is 2.17. The van der Waals surface area contributed by atoms with Gasteiger partial charge >= 0.3 is 0 Å². The smallest absolute Gasteiger partial charge is 0.214 e. The average molecular weight is 284 g/mol. The number of pyridine rings is 1. The predicted molar refractivity (Wildman–Crippen MR) is 86.5 cm³/mol. The van der Waals surface area contributed by atoms with Crippen LogP contribution in [0, 0.1) is 11.8 Å². The topological polar surface area (TPSA) is 34.1 Å². The molecule has 1 fully saturated rings. The average Bonchev–Trinajstić information content (AvgIpc) is 3.29. The summed E-state index contributed by atoms with van der Waals surface area (Å²) in [4.78, 5) is 4.63. The lowest BCUT2D eigenvalue weighted by Gasteiger charge is -2.12. The first-order valence-electron chi connectivity index (χ1n) is 7.94. The van der Waals surface area contributed by atoms with Gasteiger partial charge in [-0.2, -0.15) is 0 Å². The van der Waals surface area contributed by atoms with Crippen LogP contribution in [0.4, 0.5) is 0 Å². The van der Waals surface area contributed by atoms with Gasteiger partial charge in [0.15, 0.2) is 0 Å². The maximum Gasteiger partial charge on any atom is 0.214 e. The second-order valence-electron chi connectivity index (χ2n) is 6.42. The molecule has 0 saturated heterocycles. The maximum absolute atomic E-state index is 5.87. The van der Waals surface area contributed by atoms with Gasteiger partial charge in [-0.1, -0.05) is 32.0 Å². The van der Waals surface area contributed by atoms with Gasteiger partial charge in [-0.05, 0) is 42.9 Å². The molecular weight excluding hydrogens is 260 g/mol.